The number of benzene rings is 3. The topological polar surface area (TPSA) is 102 Å². The van der Waals surface area contributed by atoms with E-state index in [1.807, 2.05) is 12.1 Å². The molecule has 0 atom stereocenters. The molecule has 0 spiro atoms. The number of rotatable bonds is 3. The molecular weight excluding hydrogens is 387 g/mol. The Bertz CT molecular complexity index is 1120. The number of azo groups is 1. The Labute approximate surface area is 177 Å². The smallest absolute Gasteiger partial charge is 0.744 e. The van der Waals surface area contributed by atoms with Crippen molar-refractivity contribution < 1.29 is 47.6 Å². The van der Waals surface area contributed by atoms with Gasteiger partial charge in [-0.05, 0) is 36.1 Å². The average Bonchev–Trinajstić information content (AvgIpc) is 2.54. The first-order chi connectivity index (χ1) is 11.8. The molecule has 0 aliphatic rings. The third-order valence-corrected chi connectivity index (χ3v) is 4.96. The molecule has 26 heavy (non-hydrogen) atoms. The Morgan fingerprint density at radius 2 is 1.77 bits per heavy atom. The summed E-state index contributed by atoms with van der Waals surface area (Å²) in [5.41, 5.74) is 0.964. The molecule has 1 N–H and O–H groups in total. The van der Waals surface area contributed by atoms with Gasteiger partial charge in [0.25, 0.3) is 0 Å². The summed E-state index contributed by atoms with van der Waals surface area (Å²) in [6.45, 7) is 1.66. The van der Waals surface area contributed by atoms with E-state index in [1.54, 1.807) is 25.1 Å². The van der Waals surface area contributed by atoms with Crippen LogP contribution in [0.15, 0.2) is 63.7 Å². The summed E-state index contributed by atoms with van der Waals surface area (Å²) in [6.07, 6.45) is 0. The molecule has 3 aromatic rings. The van der Waals surface area contributed by atoms with Crippen molar-refractivity contribution in [1.29, 1.82) is 0 Å². The van der Waals surface area contributed by atoms with Gasteiger partial charge in [0.15, 0.2) is 0 Å². The van der Waals surface area contributed by atoms with Gasteiger partial charge < -0.3 is 9.66 Å². The zero-order valence-corrected chi connectivity index (χ0v) is 17.5. The maximum atomic E-state index is 11.3. The van der Waals surface area contributed by atoms with E-state index in [4.69, 9.17) is 11.6 Å². The van der Waals surface area contributed by atoms with Crippen molar-refractivity contribution in [2.75, 3.05) is 0 Å². The molecule has 0 fully saturated rings. The van der Waals surface area contributed by atoms with Gasteiger partial charge in [0.05, 0.1) is 15.6 Å². The summed E-state index contributed by atoms with van der Waals surface area (Å²) < 4.78 is 33.8. The number of fused-ring (bicyclic) bond motifs is 1. The quantitative estimate of drug-likeness (QED) is 0.413. The van der Waals surface area contributed by atoms with Crippen LogP contribution in [0.1, 0.15) is 5.56 Å². The van der Waals surface area contributed by atoms with Gasteiger partial charge in [-0.15, -0.1) is 5.11 Å². The normalized spacial score (nSPS) is 11.7. The van der Waals surface area contributed by atoms with E-state index < -0.39 is 15.0 Å². The number of nitrogens with zero attached hydrogens (tertiary/aromatic N) is 2. The van der Waals surface area contributed by atoms with Gasteiger partial charge in [0.1, 0.15) is 21.6 Å². The van der Waals surface area contributed by atoms with E-state index in [9.17, 15) is 18.1 Å². The van der Waals surface area contributed by atoms with Crippen LogP contribution in [0.25, 0.3) is 10.8 Å². The summed E-state index contributed by atoms with van der Waals surface area (Å²) in [5, 5.41) is 19.5. The SMILES string of the molecule is Cc1cc(Cl)c(S(=O)(=O)[O-])cc1N=Nc1c(O)ccc2ccccc12.[Na+]. The summed E-state index contributed by atoms with van der Waals surface area (Å²) >= 11 is 5.82. The molecule has 3 rings (SSSR count). The Balaban J connectivity index is 0.00000243. The van der Waals surface area contributed by atoms with E-state index in [2.05, 4.69) is 10.2 Å². The van der Waals surface area contributed by atoms with E-state index >= 15 is 0 Å². The average molecular weight is 399 g/mol. The van der Waals surface area contributed by atoms with Crippen LogP contribution >= 0.6 is 11.6 Å². The molecule has 3 aromatic carbocycles. The summed E-state index contributed by atoms with van der Waals surface area (Å²) in [4.78, 5) is -0.559. The standard InChI is InChI=1S/C17H13ClN2O4S.Na/c1-10-8-13(18)16(25(22,23)24)9-14(10)19-20-17-12-5-3-2-4-11(12)6-7-15(17)21;/h2-9,21H,1H3,(H,22,23,24);/q;+1/p-1. The van der Waals surface area contributed by atoms with Crippen LogP contribution in [-0.2, 0) is 10.1 Å². The number of hydrogen-bond donors (Lipinski definition) is 1. The van der Waals surface area contributed by atoms with Gasteiger partial charge >= 0.3 is 29.6 Å². The largest absolute Gasteiger partial charge is 1.00 e. The fourth-order valence-corrected chi connectivity index (χ4v) is 3.45. The Hall–Kier alpha value is -1.48. The molecule has 128 valence electrons. The maximum Gasteiger partial charge on any atom is 1.00 e. The van der Waals surface area contributed by atoms with Crippen molar-refractivity contribution in [3.8, 4) is 5.75 Å². The second kappa shape index (κ2) is 8.04. The first kappa shape index (κ1) is 20.8. The van der Waals surface area contributed by atoms with Crippen molar-refractivity contribution in [3.63, 3.8) is 0 Å². The van der Waals surface area contributed by atoms with Crippen molar-refractivity contribution >= 4 is 43.9 Å². The van der Waals surface area contributed by atoms with E-state index in [1.165, 1.54) is 12.1 Å². The third-order valence-electron chi connectivity index (χ3n) is 3.66. The van der Waals surface area contributed by atoms with Gasteiger partial charge in [0.2, 0.25) is 0 Å². The molecule has 0 heterocycles. The minimum absolute atomic E-state index is 0. The van der Waals surface area contributed by atoms with Crippen LogP contribution in [0.3, 0.4) is 0 Å². The van der Waals surface area contributed by atoms with Crippen LogP contribution in [0.4, 0.5) is 11.4 Å². The monoisotopic (exact) mass is 398 g/mol. The van der Waals surface area contributed by atoms with Gasteiger partial charge in [0, 0.05) is 5.39 Å². The predicted octanol–water partition coefficient (Wildman–Crippen LogP) is 1.83. The van der Waals surface area contributed by atoms with E-state index in [-0.39, 0.29) is 51.7 Å². The minimum Gasteiger partial charge on any atom is -0.744 e. The van der Waals surface area contributed by atoms with Gasteiger partial charge in [-0.3, -0.25) is 0 Å². The summed E-state index contributed by atoms with van der Waals surface area (Å²) in [6, 6.07) is 13.0. The zero-order valence-electron chi connectivity index (χ0n) is 14.0. The zero-order chi connectivity index (χ0) is 18.2. The Morgan fingerprint density at radius 3 is 2.46 bits per heavy atom. The second-order valence-corrected chi connectivity index (χ2v) is 7.13. The number of halogens is 1. The number of aromatic hydroxyl groups is 1. The second-order valence-electron chi connectivity index (χ2n) is 5.38. The molecule has 0 aliphatic carbocycles. The van der Waals surface area contributed by atoms with Crippen molar-refractivity contribution in [2.45, 2.75) is 11.8 Å². The fraction of sp³-hybridized carbons (Fsp3) is 0.0588. The molecule has 6 nitrogen and oxygen atoms in total. The van der Waals surface area contributed by atoms with Crippen LogP contribution in [-0.4, -0.2) is 18.1 Å². The first-order valence-electron chi connectivity index (χ1n) is 7.16. The fourth-order valence-electron chi connectivity index (χ4n) is 2.39. The van der Waals surface area contributed by atoms with E-state index in [0.717, 1.165) is 11.5 Å². The number of aryl methyl sites for hydroxylation is 1. The third kappa shape index (κ3) is 4.25. The number of hydrogen-bond acceptors (Lipinski definition) is 6. The number of phenolic OH excluding ortho intramolecular Hbond substituents is 1. The van der Waals surface area contributed by atoms with Crippen LogP contribution < -0.4 is 29.6 Å². The van der Waals surface area contributed by atoms with Gasteiger partial charge in [-0.2, -0.15) is 5.11 Å². The van der Waals surface area contributed by atoms with Crippen molar-refractivity contribution in [2.24, 2.45) is 10.2 Å². The number of phenols is 1. The predicted molar refractivity (Wildman–Crippen MR) is 93.9 cm³/mol. The Kier molecular flexibility index (Phi) is 6.44. The molecule has 0 aromatic heterocycles. The van der Waals surface area contributed by atoms with Crippen molar-refractivity contribution in [3.05, 3.63) is 59.1 Å². The summed E-state index contributed by atoms with van der Waals surface area (Å²) in [7, 11) is -4.73. The molecule has 0 bridgehead atoms. The molecule has 0 unspecified atom stereocenters. The maximum absolute atomic E-state index is 11.3. The molecule has 0 amide bonds. The van der Waals surface area contributed by atoms with Crippen LogP contribution in [0.2, 0.25) is 5.02 Å². The molecule has 9 heteroatoms. The first-order valence-corrected chi connectivity index (χ1v) is 8.94. The molecule has 0 saturated heterocycles. The van der Waals surface area contributed by atoms with Gasteiger partial charge in [-0.25, -0.2) is 8.42 Å². The van der Waals surface area contributed by atoms with Crippen molar-refractivity contribution in [1.82, 2.24) is 0 Å². The molecule has 0 aliphatic heterocycles. The molecule has 0 saturated carbocycles. The molecular formula is C17H12ClN2NaO4S. The van der Waals surface area contributed by atoms with E-state index in [0.29, 0.717) is 10.9 Å². The minimum atomic E-state index is -4.73. The Morgan fingerprint density at radius 1 is 1.08 bits per heavy atom. The van der Waals surface area contributed by atoms with Crippen LogP contribution in [0.5, 0.6) is 5.75 Å². The van der Waals surface area contributed by atoms with Crippen LogP contribution in [0, 0.1) is 6.92 Å². The summed E-state index contributed by atoms with van der Waals surface area (Å²) in [5.74, 6) is -0.0641. The van der Waals surface area contributed by atoms with Gasteiger partial charge in [-0.1, -0.05) is 41.9 Å². The molecule has 0 radical (unpaired) electrons.